The molecule has 1 aromatic carbocycles. The Kier molecular flexibility index (Phi) is 3.76. The van der Waals surface area contributed by atoms with E-state index >= 15 is 0 Å². The second kappa shape index (κ2) is 5.12. The molecule has 0 aliphatic carbocycles. The molecular weight excluding hydrogens is 221 g/mol. The predicted octanol–water partition coefficient (Wildman–Crippen LogP) is 1.63. The minimum Gasteiger partial charge on any atom is -0.386 e. The van der Waals surface area contributed by atoms with Gasteiger partial charge in [-0.2, -0.15) is 0 Å². The zero-order chi connectivity index (χ0) is 12.3. The van der Waals surface area contributed by atoms with Gasteiger partial charge < -0.3 is 15.2 Å². The maximum atomic E-state index is 13.0. The molecule has 0 radical (unpaired) electrons. The molecule has 3 nitrogen and oxygen atoms in total. The number of hydrogen-bond acceptors (Lipinski definition) is 3. The lowest BCUT2D eigenvalue weighted by molar-refractivity contribution is 0.0252. The van der Waals surface area contributed by atoms with Crippen molar-refractivity contribution in [2.75, 3.05) is 19.8 Å². The minimum atomic E-state index is -0.776. The quantitative estimate of drug-likeness (QED) is 0.839. The van der Waals surface area contributed by atoms with Gasteiger partial charge in [0.15, 0.2) is 0 Å². The molecule has 1 saturated heterocycles. The van der Waals surface area contributed by atoms with Gasteiger partial charge in [-0.25, -0.2) is 4.39 Å². The van der Waals surface area contributed by atoms with Crippen LogP contribution in [-0.2, 0) is 4.74 Å². The van der Waals surface area contributed by atoms with Gasteiger partial charge in [0.25, 0.3) is 0 Å². The third kappa shape index (κ3) is 3.25. The summed E-state index contributed by atoms with van der Waals surface area (Å²) in [7, 11) is 0. The smallest absolute Gasteiger partial charge is 0.123 e. The molecule has 4 heteroatoms. The highest BCUT2D eigenvalue weighted by atomic mass is 19.1. The highest BCUT2D eigenvalue weighted by Gasteiger charge is 2.32. The molecule has 2 rings (SSSR count). The molecule has 0 saturated carbocycles. The number of nitrogens with one attached hydrogen (secondary N) is 1. The Labute approximate surface area is 101 Å². The van der Waals surface area contributed by atoms with E-state index in [9.17, 15) is 9.50 Å². The molecule has 2 N–H and O–H groups in total. The molecule has 1 aromatic rings. The van der Waals surface area contributed by atoms with E-state index in [1.165, 1.54) is 12.1 Å². The SMILES string of the molecule is C[C@@H](NC[C@@]1(O)CCOC1)c1cccc(F)c1. The van der Waals surface area contributed by atoms with Crippen LogP contribution in [0.2, 0.25) is 0 Å². The lowest BCUT2D eigenvalue weighted by Crippen LogP contribution is -2.41. The first-order chi connectivity index (χ1) is 8.09. The molecule has 0 spiro atoms. The molecule has 0 unspecified atom stereocenters. The third-order valence-electron chi connectivity index (χ3n) is 3.17. The number of aliphatic hydroxyl groups is 1. The van der Waals surface area contributed by atoms with Crippen LogP contribution in [0.5, 0.6) is 0 Å². The zero-order valence-electron chi connectivity index (χ0n) is 9.95. The second-order valence-corrected chi connectivity index (χ2v) is 4.68. The minimum absolute atomic E-state index is 0.00956. The van der Waals surface area contributed by atoms with E-state index in [1.807, 2.05) is 13.0 Å². The average Bonchev–Trinajstić information content (AvgIpc) is 2.74. The van der Waals surface area contributed by atoms with Crippen LogP contribution in [0.1, 0.15) is 24.9 Å². The Morgan fingerprint density at radius 1 is 1.59 bits per heavy atom. The predicted molar refractivity (Wildman–Crippen MR) is 63.2 cm³/mol. The molecule has 0 aromatic heterocycles. The van der Waals surface area contributed by atoms with Gasteiger partial charge in [-0.05, 0) is 24.6 Å². The van der Waals surface area contributed by atoms with Crippen molar-refractivity contribution in [1.29, 1.82) is 0 Å². The van der Waals surface area contributed by atoms with Crippen molar-refractivity contribution in [3.05, 3.63) is 35.6 Å². The van der Waals surface area contributed by atoms with Crippen molar-refractivity contribution in [3.63, 3.8) is 0 Å². The van der Waals surface area contributed by atoms with Gasteiger partial charge in [0, 0.05) is 25.6 Å². The number of rotatable bonds is 4. The highest BCUT2D eigenvalue weighted by Crippen LogP contribution is 2.19. The van der Waals surface area contributed by atoms with E-state index in [1.54, 1.807) is 6.07 Å². The topological polar surface area (TPSA) is 41.5 Å². The van der Waals surface area contributed by atoms with Gasteiger partial charge in [0.1, 0.15) is 11.4 Å². The summed E-state index contributed by atoms with van der Waals surface area (Å²) in [6.07, 6.45) is 0.649. The van der Waals surface area contributed by atoms with E-state index in [-0.39, 0.29) is 11.9 Å². The van der Waals surface area contributed by atoms with Crippen LogP contribution < -0.4 is 5.32 Å². The van der Waals surface area contributed by atoms with E-state index in [0.29, 0.717) is 26.2 Å². The fraction of sp³-hybridized carbons (Fsp3) is 0.538. The molecule has 1 aliphatic rings. The van der Waals surface area contributed by atoms with E-state index in [0.717, 1.165) is 5.56 Å². The van der Waals surface area contributed by atoms with Crippen molar-refractivity contribution in [3.8, 4) is 0 Å². The maximum absolute atomic E-state index is 13.0. The molecule has 2 atom stereocenters. The summed E-state index contributed by atoms with van der Waals surface area (Å²) in [5.41, 5.74) is 0.106. The fourth-order valence-electron chi connectivity index (χ4n) is 1.97. The van der Waals surface area contributed by atoms with Crippen LogP contribution in [0.4, 0.5) is 4.39 Å². The van der Waals surface area contributed by atoms with Crippen LogP contribution in [0.3, 0.4) is 0 Å². The first-order valence-electron chi connectivity index (χ1n) is 5.88. The van der Waals surface area contributed by atoms with Gasteiger partial charge in [-0.1, -0.05) is 12.1 Å². The van der Waals surface area contributed by atoms with E-state index in [2.05, 4.69) is 5.32 Å². The van der Waals surface area contributed by atoms with Gasteiger partial charge in [0.2, 0.25) is 0 Å². The molecule has 0 amide bonds. The summed E-state index contributed by atoms with van der Waals surface area (Å²) in [4.78, 5) is 0. The molecule has 1 heterocycles. The second-order valence-electron chi connectivity index (χ2n) is 4.68. The zero-order valence-corrected chi connectivity index (χ0v) is 9.95. The van der Waals surface area contributed by atoms with Crippen molar-refractivity contribution in [1.82, 2.24) is 5.32 Å². The van der Waals surface area contributed by atoms with Crippen LogP contribution >= 0.6 is 0 Å². The summed E-state index contributed by atoms with van der Waals surface area (Å²) >= 11 is 0. The van der Waals surface area contributed by atoms with Gasteiger partial charge in [-0.3, -0.25) is 0 Å². The lowest BCUT2D eigenvalue weighted by Gasteiger charge is -2.24. The number of halogens is 1. The fourth-order valence-corrected chi connectivity index (χ4v) is 1.97. The molecule has 17 heavy (non-hydrogen) atoms. The molecular formula is C13H18FNO2. The summed E-state index contributed by atoms with van der Waals surface area (Å²) in [6, 6.07) is 6.50. The molecule has 0 bridgehead atoms. The Morgan fingerprint density at radius 3 is 3.06 bits per heavy atom. The van der Waals surface area contributed by atoms with Gasteiger partial charge in [-0.15, -0.1) is 0 Å². The standard InChI is InChI=1S/C13H18FNO2/c1-10(11-3-2-4-12(14)7-11)15-8-13(16)5-6-17-9-13/h2-4,7,10,15-16H,5-6,8-9H2,1H3/t10-,13+/m1/s1. The normalized spacial score (nSPS) is 26.1. The summed E-state index contributed by atoms with van der Waals surface area (Å²) in [5, 5.41) is 13.3. The van der Waals surface area contributed by atoms with Gasteiger partial charge in [0.05, 0.1) is 6.61 Å². The lowest BCUT2D eigenvalue weighted by atomic mass is 10.0. The number of hydrogen-bond donors (Lipinski definition) is 2. The first-order valence-corrected chi connectivity index (χ1v) is 5.88. The van der Waals surface area contributed by atoms with Crippen molar-refractivity contribution in [2.24, 2.45) is 0 Å². The van der Waals surface area contributed by atoms with Crippen LogP contribution in [-0.4, -0.2) is 30.5 Å². The summed E-state index contributed by atoms with van der Waals surface area (Å²) < 4.78 is 18.2. The Morgan fingerprint density at radius 2 is 2.41 bits per heavy atom. The Hall–Kier alpha value is -0.970. The number of ether oxygens (including phenoxy) is 1. The van der Waals surface area contributed by atoms with Crippen molar-refractivity contribution in [2.45, 2.75) is 25.0 Å². The first kappa shape index (κ1) is 12.5. The largest absolute Gasteiger partial charge is 0.386 e. The van der Waals surface area contributed by atoms with Crippen LogP contribution in [0, 0.1) is 5.82 Å². The van der Waals surface area contributed by atoms with Crippen LogP contribution in [0.25, 0.3) is 0 Å². The Bertz CT molecular complexity index is 377. The Balaban J connectivity index is 1.91. The molecule has 1 fully saturated rings. The van der Waals surface area contributed by atoms with E-state index < -0.39 is 5.60 Å². The molecule has 94 valence electrons. The van der Waals surface area contributed by atoms with Crippen molar-refractivity contribution >= 4 is 0 Å². The van der Waals surface area contributed by atoms with Gasteiger partial charge >= 0.3 is 0 Å². The summed E-state index contributed by atoms with van der Waals surface area (Å²) in [6.45, 7) is 3.39. The maximum Gasteiger partial charge on any atom is 0.123 e. The summed E-state index contributed by atoms with van der Waals surface area (Å²) in [5.74, 6) is -0.237. The highest BCUT2D eigenvalue weighted by molar-refractivity contribution is 5.19. The number of benzene rings is 1. The average molecular weight is 239 g/mol. The van der Waals surface area contributed by atoms with Crippen molar-refractivity contribution < 1.29 is 14.2 Å². The molecule has 1 aliphatic heterocycles. The van der Waals surface area contributed by atoms with E-state index in [4.69, 9.17) is 4.74 Å². The third-order valence-corrected chi connectivity index (χ3v) is 3.17. The van der Waals surface area contributed by atoms with Crippen LogP contribution in [0.15, 0.2) is 24.3 Å². The monoisotopic (exact) mass is 239 g/mol.